The van der Waals surface area contributed by atoms with Gasteiger partial charge in [-0.1, -0.05) is 32.8 Å². The van der Waals surface area contributed by atoms with Gasteiger partial charge in [0, 0.05) is 41.4 Å². The molecular formula is C33H46N4O2. The number of carbonyl (C=O) groups excluding carboxylic acids is 1. The number of nitrogens with zero attached hydrogens (tertiary/aromatic N) is 3. The first-order chi connectivity index (χ1) is 18.6. The van der Waals surface area contributed by atoms with E-state index < -0.39 is 5.60 Å². The van der Waals surface area contributed by atoms with E-state index in [1.165, 1.54) is 33.3 Å². The number of hydrogen-bond donors (Lipinski definition) is 2. The molecule has 39 heavy (non-hydrogen) atoms. The minimum atomic E-state index is -0.556. The molecule has 0 bridgehead atoms. The maximum Gasteiger partial charge on any atom is 0.236 e. The second-order valence-corrected chi connectivity index (χ2v) is 12.6. The molecule has 0 spiro atoms. The minimum absolute atomic E-state index is 0.166. The van der Waals surface area contributed by atoms with E-state index in [2.05, 4.69) is 72.9 Å². The Morgan fingerprint density at radius 2 is 1.79 bits per heavy atom. The van der Waals surface area contributed by atoms with Gasteiger partial charge >= 0.3 is 0 Å². The van der Waals surface area contributed by atoms with Crippen molar-refractivity contribution in [2.24, 2.45) is 0 Å². The second-order valence-electron chi connectivity index (χ2n) is 12.6. The van der Waals surface area contributed by atoms with Gasteiger partial charge in [-0.3, -0.25) is 14.7 Å². The number of benzene rings is 1. The maximum atomic E-state index is 12.9. The number of amides is 1. The van der Waals surface area contributed by atoms with E-state index in [0.717, 1.165) is 63.0 Å². The molecule has 0 unspecified atom stereocenters. The van der Waals surface area contributed by atoms with Crippen molar-refractivity contribution in [3.05, 3.63) is 52.8 Å². The summed E-state index contributed by atoms with van der Waals surface area (Å²) >= 11 is 0. The fourth-order valence-corrected chi connectivity index (χ4v) is 6.81. The van der Waals surface area contributed by atoms with Crippen LogP contribution < -0.4 is 0 Å². The Kier molecular flexibility index (Phi) is 8.16. The van der Waals surface area contributed by atoms with Crippen LogP contribution in [-0.4, -0.2) is 69.6 Å². The molecule has 1 saturated carbocycles. The van der Waals surface area contributed by atoms with Crippen molar-refractivity contribution in [2.75, 3.05) is 33.2 Å². The van der Waals surface area contributed by atoms with Crippen LogP contribution in [0.5, 0.6) is 0 Å². The molecule has 1 aliphatic heterocycles. The van der Waals surface area contributed by atoms with Gasteiger partial charge in [0.05, 0.1) is 17.8 Å². The molecule has 2 fully saturated rings. The Hall–Kier alpha value is -2.70. The first kappa shape index (κ1) is 27.9. The largest absolute Gasteiger partial charge is 0.390 e. The Bertz CT molecular complexity index is 1290. The lowest BCUT2D eigenvalue weighted by Crippen LogP contribution is -2.43. The van der Waals surface area contributed by atoms with Gasteiger partial charge in [-0.2, -0.15) is 0 Å². The van der Waals surface area contributed by atoms with Crippen LogP contribution in [0.25, 0.3) is 22.2 Å². The van der Waals surface area contributed by atoms with E-state index in [-0.39, 0.29) is 5.91 Å². The van der Waals surface area contributed by atoms with Gasteiger partial charge < -0.3 is 15.0 Å². The average molecular weight is 531 g/mol. The molecule has 3 heterocycles. The van der Waals surface area contributed by atoms with Gasteiger partial charge in [0.1, 0.15) is 0 Å². The van der Waals surface area contributed by atoms with Crippen molar-refractivity contribution in [1.29, 1.82) is 0 Å². The first-order valence-electron chi connectivity index (χ1n) is 14.9. The summed E-state index contributed by atoms with van der Waals surface area (Å²) in [4.78, 5) is 25.3. The van der Waals surface area contributed by atoms with Crippen LogP contribution in [0.15, 0.2) is 30.3 Å². The SMILES string of the molecule is Cc1cc(-c2[nH]c3ccc(C4CCN(CC(=O)N(C)CCC5(O)CCCC5)CC4)cc3c2C(C)C)cc(C)n1. The van der Waals surface area contributed by atoms with Gasteiger partial charge in [-0.25, -0.2) is 0 Å². The van der Waals surface area contributed by atoms with E-state index in [9.17, 15) is 9.90 Å². The minimum Gasteiger partial charge on any atom is -0.390 e. The van der Waals surface area contributed by atoms with Crippen LogP contribution in [0, 0.1) is 13.8 Å². The molecule has 6 heteroatoms. The average Bonchev–Trinajstić information content (AvgIpc) is 3.51. The second kappa shape index (κ2) is 11.4. The van der Waals surface area contributed by atoms with Crippen LogP contribution in [-0.2, 0) is 4.79 Å². The highest BCUT2D eigenvalue weighted by Gasteiger charge is 2.31. The van der Waals surface area contributed by atoms with Gasteiger partial charge in [-0.05, 0) is 106 Å². The summed E-state index contributed by atoms with van der Waals surface area (Å²) in [5.74, 6) is 1.08. The van der Waals surface area contributed by atoms with E-state index in [1.807, 2.05) is 11.9 Å². The summed E-state index contributed by atoms with van der Waals surface area (Å²) in [6.07, 6.45) is 6.78. The number of aryl methyl sites for hydroxylation is 2. The van der Waals surface area contributed by atoms with Gasteiger partial charge in [0.15, 0.2) is 0 Å². The number of H-pyrrole nitrogens is 1. The summed E-state index contributed by atoms with van der Waals surface area (Å²) in [6.45, 7) is 11.7. The number of aromatic amines is 1. The fourth-order valence-electron chi connectivity index (χ4n) is 6.81. The zero-order valence-electron chi connectivity index (χ0n) is 24.5. The van der Waals surface area contributed by atoms with Gasteiger partial charge in [0.2, 0.25) is 5.91 Å². The molecule has 5 rings (SSSR count). The molecule has 6 nitrogen and oxygen atoms in total. The number of piperidine rings is 1. The molecule has 2 aliphatic rings. The third-order valence-electron chi connectivity index (χ3n) is 9.10. The zero-order chi connectivity index (χ0) is 27.7. The summed E-state index contributed by atoms with van der Waals surface area (Å²) < 4.78 is 0. The molecule has 210 valence electrons. The van der Waals surface area contributed by atoms with Crippen LogP contribution in [0.1, 0.15) is 93.1 Å². The molecular weight excluding hydrogens is 484 g/mol. The number of nitrogens with one attached hydrogen (secondary N) is 1. The first-order valence-corrected chi connectivity index (χ1v) is 14.9. The lowest BCUT2D eigenvalue weighted by atomic mass is 9.87. The topological polar surface area (TPSA) is 72.5 Å². The van der Waals surface area contributed by atoms with Crippen molar-refractivity contribution in [1.82, 2.24) is 19.8 Å². The summed E-state index contributed by atoms with van der Waals surface area (Å²) in [6, 6.07) is 11.3. The lowest BCUT2D eigenvalue weighted by Gasteiger charge is -2.33. The summed E-state index contributed by atoms with van der Waals surface area (Å²) in [7, 11) is 1.88. The number of fused-ring (bicyclic) bond motifs is 1. The molecule has 1 amide bonds. The number of carbonyl (C=O) groups is 1. The van der Waals surface area contributed by atoms with Crippen molar-refractivity contribution in [2.45, 2.75) is 90.1 Å². The standard InChI is InChI=1S/C33H46N4O2/c1-22(2)31-28-20-26(8-9-29(28)35-32(31)27-18-23(3)34-24(4)19-27)25-10-15-37(16-11-25)21-30(38)36(5)17-14-33(39)12-6-7-13-33/h8-9,18-20,22,25,35,39H,6-7,10-17,21H2,1-5H3. The molecule has 1 aliphatic carbocycles. The van der Waals surface area contributed by atoms with E-state index >= 15 is 0 Å². The van der Waals surface area contributed by atoms with E-state index in [1.54, 1.807) is 0 Å². The Balaban J connectivity index is 1.24. The highest BCUT2D eigenvalue weighted by atomic mass is 16.3. The molecule has 0 radical (unpaired) electrons. The predicted octanol–water partition coefficient (Wildman–Crippen LogP) is 6.30. The number of pyridine rings is 1. The van der Waals surface area contributed by atoms with Crippen LogP contribution in [0.3, 0.4) is 0 Å². The van der Waals surface area contributed by atoms with Crippen molar-refractivity contribution in [3.63, 3.8) is 0 Å². The van der Waals surface area contributed by atoms with E-state index in [4.69, 9.17) is 0 Å². The van der Waals surface area contributed by atoms with Crippen LogP contribution >= 0.6 is 0 Å². The number of likely N-dealkylation sites (N-methyl/N-ethyl adjacent to an activating group) is 1. The highest BCUT2D eigenvalue weighted by Crippen LogP contribution is 2.38. The van der Waals surface area contributed by atoms with Crippen molar-refractivity contribution in [3.8, 4) is 11.3 Å². The number of likely N-dealkylation sites (tertiary alicyclic amines) is 1. The third-order valence-corrected chi connectivity index (χ3v) is 9.10. The number of rotatable bonds is 8. The molecule has 3 aromatic rings. The number of aromatic nitrogens is 2. The molecule has 1 saturated heterocycles. The zero-order valence-corrected chi connectivity index (χ0v) is 24.5. The number of aliphatic hydroxyl groups is 1. The molecule has 2 N–H and O–H groups in total. The predicted molar refractivity (Wildman–Crippen MR) is 159 cm³/mol. The summed E-state index contributed by atoms with van der Waals surface area (Å²) in [5.41, 5.74) is 7.93. The van der Waals surface area contributed by atoms with Crippen LogP contribution in [0.2, 0.25) is 0 Å². The lowest BCUT2D eigenvalue weighted by molar-refractivity contribution is -0.132. The Labute approximate surface area is 233 Å². The number of hydrogen-bond acceptors (Lipinski definition) is 4. The van der Waals surface area contributed by atoms with Gasteiger partial charge in [0.25, 0.3) is 0 Å². The van der Waals surface area contributed by atoms with Crippen LogP contribution in [0.4, 0.5) is 0 Å². The normalized spacial score (nSPS) is 18.3. The van der Waals surface area contributed by atoms with Crippen molar-refractivity contribution < 1.29 is 9.90 Å². The smallest absolute Gasteiger partial charge is 0.236 e. The summed E-state index contributed by atoms with van der Waals surface area (Å²) in [5, 5.41) is 11.9. The quantitative estimate of drug-likeness (QED) is 0.358. The van der Waals surface area contributed by atoms with Crippen molar-refractivity contribution >= 4 is 16.8 Å². The maximum absolute atomic E-state index is 12.9. The molecule has 2 aromatic heterocycles. The molecule has 1 aromatic carbocycles. The third kappa shape index (κ3) is 6.22. The monoisotopic (exact) mass is 530 g/mol. The molecule has 0 atom stereocenters. The Morgan fingerprint density at radius 1 is 1.13 bits per heavy atom. The highest BCUT2D eigenvalue weighted by molar-refractivity contribution is 5.92. The fraction of sp³-hybridized carbons (Fsp3) is 0.576. The van der Waals surface area contributed by atoms with E-state index in [0.29, 0.717) is 31.3 Å². The van der Waals surface area contributed by atoms with Gasteiger partial charge in [-0.15, -0.1) is 0 Å². The Morgan fingerprint density at radius 3 is 2.44 bits per heavy atom.